The van der Waals surface area contributed by atoms with Crippen LogP contribution in [0.2, 0.25) is 0 Å². The fourth-order valence-electron chi connectivity index (χ4n) is 15.1. The Labute approximate surface area is 805 Å². The Morgan fingerprint density at radius 3 is 1.22 bits per heavy atom. The van der Waals surface area contributed by atoms with Crippen LogP contribution in [-0.4, -0.2) is 61.3 Å². The van der Waals surface area contributed by atoms with E-state index in [-0.39, 0.29) is 123 Å². The van der Waals surface area contributed by atoms with Crippen LogP contribution < -0.4 is 52.9 Å². The summed E-state index contributed by atoms with van der Waals surface area (Å²) < 4.78 is 281. The van der Waals surface area contributed by atoms with E-state index in [1.165, 1.54) is 187 Å². The van der Waals surface area contributed by atoms with Crippen LogP contribution in [0.4, 0.5) is 90.4 Å². The molecule has 0 radical (unpaired) electrons. The number of nitrogens with two attached hydrogens (primary N) is 2. The number of benzene rings is 11. The molecule has 1 aliphatic rings. The van der Waals surface area contributed by atoms with Crippen molar-refractivity contribution in [2.45, 2.75) is 132 Å². The number of primary amides is 2. The van der Waals surface area contributed by atoms with Crippen LogP contribution in [0.25, 0.3) is 21.8 Å². The van der Waals surface area contributed by atoms with Gasteiger partial charge in [0.2, 0.25) is 0 Å². The second kappa shape index (κ2) is 44.6. The van der Waals surface area contributed by atoms with Crippen LogP contribution in [0.5, 0.6) is 40.2 Å². The van der Waals surface area contributed by atoms with E-state index in [9.17, 15) is 103 Å². The highest BCUT2D eigenvalue weighted by Gasteiger charge is 2.45. The van der Waals surface area contributed by atoms with Gasteiger partial charge >= 0.3 is 25.6 Å². The summed E-state index contributed by atoms with van der Waals surface area (Å²) in [6, 6.07) is 36.0. The lowest BCUT2D eigenvalue weighted by molar-refractivity contribution is -0.140. The zero-order valence-electron chi connectivity index (χ0n) is 75.9. The SMILES string of the molecule is CCCc1ccc(C)cn1.C[C@@H](Nc1ccc(O)cc1C(N)=O)c1c(F)cc(F)cc1F.Cc1cc(F)c([C@@H](C)Nc2ccc(Oc3cccc(Br)c3C(F)(F)F)cc2C(N)=O)c(F)c1.Cc1cc(F)c([C@@H](C)n2cnc(=O)c3cc(Oc4cccc(B5OCC(C)(C)CO5)c4C(F)(F)F)ccc32)c(F)c1.Cc1cc(F)c([C@@H](C)n2cnc(=O)c3cc(Oc4cccc(Br)c4C(F)(F)F)ccc32)c(F)c1. The van der Waals surface area contributed by atoms with Crippen molar-refractivity contribution in [1.82, 2.24) is 24.1 Å². The third kappa shape index (κ3) is 26.0. The summed E-state index contributed by atoms with van der Waals surface area (Å²) in [7, 11) is -1.24. The Kier molecular flexibility index (Phi) is 34.0. The molecule has 19 nitrogen and oxygen atoms in total. The van der Waals surface area contributed by atoms with Gasteiger partial charge in [0.05, 0.1) is 75.3 Å². The highest BCUT2D eigenvalue weighted by molar-refractivity contribution is 9.10. The summed E-state index contributed by atoms with van der Waals surface area (Å²) in [5, 5.41) is 14.9. The summed E-state index contributed by atoms with van der Waals surface area (Å²) in [5.41, 5.74) is 8.96. The minimum atomic E-state index is -4.81. The number of anilines is 2. The van der Waals surface area contributed by atoms with Gasteiger partial charge in [-0.3, -0.25) is 24.2 Å². The molecule has 0 unspecified atom stereocenters. The van der Waals surface area contributed by atoms with Crippen LogP contribution in [-0.2, 0) is 34.3 Å². The van der Waals surface area contributed by atoms with Crippen molar-refractivity contribution in [2.75, 3.05) is 23.8 Å². The molecule has 7 N–H and O–H groups in total. The minimum absolute atomic E-state index is 0.00401. The molecule has 11 aromatic carbocycles. The van der Waals surface area contributed by atoms with Crippen LogP contribution in [0.15, 0.2) is 225 Å². The van der Waals surface area contributed by atoms with E-state index in [1.807, 2.05) is 20.0 Å². The molecular formula is C100H86BBr2F18N9O10. The van der Waals surface area contributed by atoms with Crippen molar-refractivity contribution in [3.05, 3.63) is 367 Å². The molecule has 0 spiro atoms. The van der Waals surface area contributed by atoms with E-state index in [0.29, 0.717) is 28.8 Å². The number of phenolic OH excluding ortho intramolecular Hbond substituents is 1. The van der Waals surface area contributed by atoms with E-state index < -0.39 is 159 Å². The number of nitrogens with one attached hydrogen (secondary N) is 2. The molecule has 2 amide bonds. The lowest BCUT2D eigenvalue weighted by atomic mass is 9.73. The normalized spacial score (nSPS) is 13.3. The lowest BCUT2D eigenvalue weighted by Crippen LogP contribution is -2.49. The highest BCUT2D eigenvalue weighted by Crippen LogP contribution is 2.47. The van der Waals surface area contributed by atoms with Gasteiger partial charge in [0.1, 0.15) is 104 Å². The first-order chi connectivity index (χ1) is 65.7. The van der Waals surface area contributed by atoms with E-state index in [4.69, 9.17) is 35.0 Å². The number of aryl methyl sites for hydroxylation is 5. The predicted molar refractivity (Wildman–Crippen MR) is 499 cm³/mol. The maximum atomic E-state index is 14.7. The van der Waals surface area contributed by atoms with E-state index in [0.717, 1.165) is 36.8 Å². The number of hydrogen-bond acceptors (Lipinski definition) is 15. The van der Waals surface area contributed by atoms with E-state index in [2.05, 4.69) is 83.4 Å². The first kappa shape index (κ1) is 107. The van der Waals surface area contributed by atoms with Crippen molar-refractivity contribution < 1.29 is 117 Å². The number of aromatic nitrogens is 5. The van der Waals surface area contributed by atoms with Gasteiger partial charge in [0.25, 0.3) is 22.9 Å². The van der Waals surface area contributed by atoms with Crippen LogP contribution >= 0.6 is 31.9 Å². The largest absolute Gasteiger partial charge is 0.508 e. The molecule has 3 aromatic heterocycles. The average Bonchev–Trinajstić information content (AvgIpc) is 0.772. The minimum Gasteiger partial charge on any atom is -0.508 e. The highest BCUT2D eigenvalue weighted by atomic mass is 79.9. The molecular weight excluding hydrogens is 2000 g/mol. The quantitative estimate of drug-likeness (QED) is 0.0255. The first-order valence-electron chi connectivity index (χ1n) is 42.4. The third-order valence-electron chi connectivity index (χ3n) is 21.6. The fourth-order valence-corrected chi connectivity index (χ4v) is 16.2. The number of alkyl halides is 9. The second-order valence-corrected chi connectivity index (χ2v) is 34.9. The lowest BCUT2D eigenvalue weighted by Gasteiger charge is -2.34. The summed E-state index contributed by atoms with van der Waals surface area (Å²) in [6.07, 6.45) is -7.65. The maximum Gasteiger partial charge on any atom is 0.494 e. The van der Waals surface area contributed by atoms with Crippen LogP contribution in [0.1, 0.15) is 167 Å². The molecule has 0 bridgehead atoms. The van der Waals surface area contributed by atoms with Gasteiger partial charge in [-0.2, -0.15) is 49.5 Å². The summed E-state index contributed by atoms with van der Waals surface area (Å²) >= 11 is 5.75. The van der Waals surface area contributed by atoms with Gasteiger partial charge in [-0.25, -0.2) is 39.5 Å². The van der Waals surface area contributed by atoms with Crippen molar-refractivity contribution in [1.29, 1.82) is 0 Å². The second-order valence-electron chi connectivity index (χ2n) is 33.2. The summed E-state index contributed by atoms with van der Waals surface area (Å²) in [5.74, 6) is -11.2. The molecule has 4 heterocycles. The standard InChI is InChI=1S/C29H26BF5N2O4.C24H16BrF5N2O2.C23H18BrF5N2O2.C15H13F3N2O2.C9H13N/c1-16-10-21(31)25(22(32)11-16)17(2)37-15-36-27(38)19-12-18(8-9-23(19)37)41-24-7-5-6-20(26(24)29(33,34)35)30-39-13-28(3,4)14-40-30;1-12-8-17(26)21(18(27)9-12)13(2)32-11-31-23(33)15-10-14(6-7-19(15)32)34-20-5-3-4-16(25)22(20)24(28,29)30;1-11-8-16(25)20(17(26)9-11)12(2)31-18-7-6-13(10-14(18)22(30)32)33-19-5-3-4-15(24)21(19)23(27,28)29;1-7(14-11(17)4-8(16)5-12(14)18)20-13-3-2-9(21)6-10(13)15(19)22;1-3-4-9-6-5-8(2)7-10-9/h5-12,15,17H,13-14H2,1-4H3;3-11,13H,1-2H3;3-10,12,31H,1-2H3,(H2,30,32);2-7,20-21H,1H3,(H2,19,22);5-7H,3-4H2,1-2H3/t17-;13-;12-;7-;/m1111./s1. The molecule has 4 atom stereocenters. The van der Waals surface area contributed by atoms with Gasteiger partial charge in [0, 0.05) is 85.2 Å². The molecule has 140 heavy (non-hydrogen) atoms. The number of carbonyl (C=O) groups is 2. The predicted octanol–water partition coefficient (Wildman–Crippen LogP) is 25.9. The smallest absolute Gasteiger partial charge is 0.494 e. The van der Waals surface area contributed by atoms with Crippen molar-refractivity contribution in [2.24, 2.45) is 16.9 Å². The molecule has 1 saturated heterocycles. The first-order valence-corrected chi connectivity index (χ1v) is 44.0. The molecule has 15 rings (SSSR count). The van der Waals surface area contributed by atoms with Gasteiger partial charge in [-0.15, -0.1) is 0 Å². The van der Waals surface area contributed by atoms with Gasteiger partial charge in [0.15, 0.2) is 0 Å². The zero-order valence-corrected chi connectivity index (χ0v) is 79.1. The number of ether oxygens (including phenoxy) is 3. The maximum absolute atomic E-state index is 14.7. The number of halogens is 20. The van der Waals surface area contributed by atoms with Gasteiger partial charge in [-0.05, 0) is 235 Å². The van der Waals surface area contributed by atoms with Crippen molar-refractivity contribution in [3.8, 4) is 40.2 Å². The molecule has 1 aliphatic heterocycles. The van der Waals surface area contributed by atoms with Gasteiger partial charge in [-0.1, -0.05) is 89.4 Å². The summed E-state index contributed by atoms with van der Waals surface area (Å²) in [6.45, 7) is 19.1. The molecule has 0 aliphatic carbocycles. The number of fused-ring (bicyclic) bond motifs is 2. The Morgan fingerprint density at radius 1 is 0.471 bits per heavy atom. The summed E-state index contributed by atoms with van der Waals surface area (Å²) in [4.78, 5) is 60.3. The number of phenols is 1. The Hall–Kier alpha value is -13.7. The third-order valence-corrected chi connectivity index (χ3v) is 22.9. The zero-order chi connectivity index (χ0) is 103. The van der Waals surface area contributed by atoms with Crippen LogP contribution in [0.3, 0.4) is 0 Å². The van der Waals surface area contributed by atoms with Gasteiger partial charge < -0.3 is 59.9 Å². The fraction of sp³-hybridized carbons (Fsp3) is 0.230. The molecule has 1 fully saturated rings. The molecule has 40 heteroatoms. The molecule has 0 saturated carbocycles. The van der Waals surface area contributed by atoms with E-state index in [1.54, 1.807) is 34.6 Å². The number of amides is 2. The van der Waals surface area contributed by atoms with Crippen molar-refractivity contribution >= 4 is 89.4 Å². The Morgan fingerprint density at radius 2 is 0.836 bits per heavy atom. The number of hydrogen-bond donors (Lipinski definition) is 5. The Bertz CT molecular complexity index is 7000. The number of carbonyl (C=O) groups excluding carboxylic acids is 2. The number of nitrogens with zero attached hydrogens (tertiary/aromatic N) is 5. The number of pyridine rings is 1. The topological polar surface area (TPSA) is 259 Å². The average molecular weight is 2090 g/mol. The number of rotatable bonds is 21. The molecule has 734 valence electrons. The van der Waals surface area contributed by atoms with E-state index >= 15 is 0 Å². The Balaban J connectivity index is 0.000000175. The monoisotopic (exact) mass is 2080 g/mol. The number of aromatic hydroxyl groups is 1. The van der Waals surface area contributed by atoms with Crippen molar-refractivity contribution in [3.63, 3.8) is 0 Å². The molecule has 14 aromatic rings. The van der Waals surface area contributed by atoms with Crippen LogP contribution in [0, 0.1) is 85.5 Å².